The molecular weight excluding hydrogens is 270 g/mol. The van der Waals surface area contributed by atoms with E-state index in [9.17, 15) is 5.11 Å². The van der Waals surface area contributed by atoms with Crippen molar-refractivity contribution in [2.24, 2.45) is 0 Å². The zero-order valence-corrected chi connectivity index (χ0v) is 12.5. The lowest BCUT2D eigenvalue weighted by Crippen LogP contribution is -2.05. The van der Waals surface area contributed by atoms with Gasteiger partial charge < -0.3 is 10.8 Å². The normalized spacial score (nSPS) is 14.0. The van der Waals surface area contributed by atoms with Crippen LogP contribution in [-0.2, 0) is 12.8 Å². The van der Waals surface area contributed by atoms with E-state index in [2.05, 4.69) is 18.2 Å². The number of nitrogens with two attached hydrogens (primary N) is 1. The van der Waals surface area contributed by atoms with Crippen molar-refractivity contribution in [1.82, 2.24) is 0 Å². The van der Waals surface area contributed by atoms with Gasteiger partial charge in [0, 0.05) is 16.8 Å². The monoisotopic (exact) mass is 289 g/mol. The fourth-order valence-electron chi connectivity index (χ4n) is 3.66. The maximum absolute atomic E-state index is 10.5. The number of phenolic OH excluding ortho intramolecular Hbond substituents is 1. The molecule has 0 aliphatic heterocycles. The van der Waals surface area contributed by atoms with Gasteiger partial charge >= 0.3 is 0 Å². The first kappa shape index (κ1) is 13.2. The van der Waals surface area contributed by atoms with E-state index in [1.165, 1.54) is 24.0 Å². The number of aryl methyl sites for hydroxylation is 1. The number of phenols is 1. The van der Waals surface area contributed by atoms with Crippen molar-refractivity contribution in [1.29, 1.82) is 0 Å². The molecule has 4 rings (SSSR count). The van der Waals surface area contributed by atoms with Gasteiger partial charge in [0.1, 0.15) is 5.75 Å². The van der Waals surface area contributed by atoms with Crippen molar-refractivity contribution in [3.05, 3.63) is 59.7 Å². The molecule has 1 aliphatic carbocycles. The zero-order chi connectivity index (χ0) is 15.1. The average Bonchev–Trinajstić information content (AvgIpc) is 2.56. The summed E-state index contributed by atoms with van der Waals surface area (Å²) in [4.78, 5) is 0. The molecule has 3 aromatic carbocycles. The van der Waals surface area contributed by atoms with Gasteiger partial charge in [0.15, 0.2) is 0 Å². The van der Waals surface area contributed by atoms with E-state index in [-0.39, 0.29) is 0 Å². The Balaban J connectivity index is 2.10. The predicted octanol–water partition coefficient (Wildman–Crippen LogP) is 4.67. The Labute approximate surface area is 130 Å². The minimum Gasteiger partial charge on any atom is -0.507 e. The molecule has 0 unspecified atom stereocenters. The van der Waals surface area contributed by atoms with Gasteiger partial charge in [-0.3, -0.25) is 0 Å². The van der Waals surface area contributed by atoms with Crippen LogP contribution in [0, 0.1) is 0 Å². The van der Waals surface area contributed by atoms with E-state index < -0.39 is 0 Å². The van der Waals surface area contributed by atoms with Crippen LogP contribution >= 0.6 is 0 Å². The van der Waals surface area contributed by atoms with Gasteiger partial charge in [-0.15, -0.1) is 0 Å². The molecule has 1 aliphatic rings. The van der Waals surface area contributed by atoms with Crippen molar-refractivity contribution in [3.8, 4) is 16.9 Å². The Morgan fingerprint density at radius 2 is 1.64 bits per heavy atom. The van der Waals surface area contributed by atoms with Crippen LogP contribution in [-0.4, -0.2) is 5.11 Å². The Morgan fingerprint density at radius 3 is 2.55 bits per heavy atom. The molecule has 0 fully saturated rings. The highest BCUT2D eigenvalue weighted by atomic mass is 16.3. The SMILES string of the molecule is Nc1ccc2ccccc2c1-c1c(O)ccc2c1CCCC2. The third-order valence-corrected chi connectivity index (χ3v) is 4.72. The molecule has 0 aromatic heterocycles. The fraction of sp³-hybridized carbons (Fsp3) is 0.200. The fourth-order valence-corrected chi connectivity index (χ4v) is 3.66. The highest BCUT2D eigenvalue weighted by molar-refractivity contribution is 6.04. The van der Waals surface area contributed by atoms with Crippen LogP contribution in [0.15, 0.2) is 48.5 Å². The summed E-state index contributed by atoms with van der Waals surface area (Å²) < 4.78 is 0. The summed E-state index contributed by atoms with van der Waals surface area (Å²) in [5.74, 6) is 0.337. The summed E-state index contributed by atoms with van der Waals surface area (Å²) >= 11 is 0. The lowest BCUT2D eigenvalue weighted by atomic mass is 9.83. The first-order valence-corrected chi connectivity index (χ1v) is 7.87. The molecule has 3 N–H and O–H groups in total. The molecule has 0 heterocycles. The molecule has 0 amide bonds. The molecule has 0 saturated heterocycles. The highest BCUT2D eigenvalue weighted by Gasteiger charge is 2.20. The lowest BCUT2D eigenvalue weighted by molar-refractivity contribution is 0.475. The topological polar surface area (TPSA) is 46.2 Å². The summed E-state index contributed by atoms with van der Waals surface area (Å²) in [7, 11) is 0. The first-order valence-electron chi connectivity index (χ1n) is 7.87. The van der Waals surface area contributed by atoms with E-state index in [0.29, 0.717) is 5.75 Å². The minimum absolute atomic E-state index is 0.337. The summed E-state index contributed by atoms with van der Waals surface area (Å²) in [5, 5.41) is 12.8. The Hall–Kier alpha value is -2.48. The second kappa shape index (κ2) is 5.06. The van der Waals surface area contributed by atoms with Gasteiger partial charge in [-0.1, -0.05) is 36.4 Å². The van der Waals surface area contributed by atoms with E-state index in [1.807, 2.05) is 30.3 Å². The number of rotatable bonds is 1. The van der Waals surface area contributed by atoms with Crippen LogP contribution in [0.5, 0.6) is 5.75 Å². The maximum Gasteiger partial charge on any atom is 0.123 e. The van der Waals surface area contributed by atoms with Gasteiger partial charge in [-0.05, 0) is 59.7 Å². The largest absolute Gasteiger partial charge is 0.507 e. The molecule has 2 heteroatoms. The van der Waals surface area contributed by atoms with Gasteiger partial charge in [0.05, 0.1) is 0 Å². The van der Waals surface area contributed by atoms with E-state index in [1.54, 1.807) is 0 Å². The molecule has 0 spiro atoms. The molecule has 0 atom stereocenters. The Morgan fingerprint density at radius 1 is 0.818 bits per heavy atom. The number of hydrogen-bond acceptors (Lipinski definition) is 2. The lowest BCUT2D eigenvalue weighted by Gasteiger charge is -2.22. The van der Waals surface area contributed by atoms with Crippen LogP contribution in [0.1, 0.15) is 24.0 Å². The molecular formula is C20H19NO. The third kappa shape index (κ3) is 1.95. The Kier molecular flexibility index (Phi) is 3.04. The van der Waals surface area contributed by atoms with Gasteiger partial charge in [-0.2, -0.15) is 0 Å². The highest BCUT2D eigenvalue weighted by Crippen LogP contribution is 2.43. The molecule has 0 bridgehead atoms. The summed E-state index contributed by atoms with van der Waals surface area (Å²) in [5.41, 5.74) is 11.6. The van der Waals surface area contributed by atoms with Crippen molar-refractivity contribution in [3.63, 3.8) is 0 Å². The first-order chi connectivity index (χ1) is 10.8. The maximum atomic E-state index is 10.5. The Bertz CT molecular complexity index is 867. The van der Waals surface area contributed by atoms with Crippen molar-refractivity contribution in [2.45, 2.75) is 25.7 Å². The predicted molar refractivity (Wildman–Crippen MR) is 92.1 cm³/mol. The second-order valence-corrected chi connectivity index (χ2v) is 6.06. The standard InChI is InChI=1S/C20H19NO/c21-17-11-9-13-5-1-3-7-15(13)19(17)20-16-8-4-2-6-14(16)10-12-18(20)22/h1,3,5,7,9-12,22H,2,4,6,8,21H2. The third-order valence-electron chi connectivity index (χ3n) is 4.72. The van der Waals surface area contributed by atoms with E-state index in [0.717, 1.165) is 40.4 Å². The number of fused-ring (bicyclic) bond motifs is 2. The minimum atomic E-state index is 0.337. The quantitative estimate of drug-likeness (QED) is 0.639. The van der Waals surface area contributed by atoms with Gasteiger partial charge in [-0.25, -0.2) is 0 Å². The number of anilines is 1. The molecule has 0 saturated carbocycles. The molecule has 2 nitrogen and oxygen atoms in total. The molecule has 3 aromatic rings. The number of hydrogen-bond donors (Lipinski definition) is 2. The van der Waals surface area contributed by atoms with E-state index in [4.69, 9.17) is 5.73 Å². The summed E-state index contributed by atoms with van der Waals surface area (Å²) in [6, 6.07) is 16.1. The molecule has 110 valence electrons. The van der Waals surface area contributed by atoms with Crippen molar-refractivity contribution < 1.29 is 5.11 Å². The smallest absolute Gasteiger partial charge is 0.123 e. The van der Waals surface area contributed by atoms with Crippen LogP contribution in [0.4, 0.5) is 5.69 Å². The average molecular weight is 289 g/mol. The molecule has 22 heavy (non-hydrogen) atoms. The van der Waals surface area contributed by atoms with Crippen molar-refractivity contribution >= 4 is 16.5 Å². The summed E-state index contributed by atoms with van der Waals surface area (Å²) in [6.07, 6.45) is 4.51. The molecule has 0 radical (unpaired) electrons. The number of benzene rings is 3. The zero-order valence-electron chi connectivity index (χ0n) is 12.5. The number of nitrogen functional groups attached to an aromatic ring is 1. The summed E-state index contributed by atoms with van der Waals surface area (Å²) in [6.45, 7) is 0. The van der Waals surface area contributed by atoms with Gasteiger partial charge in [0.25, 0.3) is 0 Å². The number of aromatic hydroxyl groups is 1. The van der Waals surface area contributed by atoms with Gasteiger partial charge in [0.2, 0.25) is 0 Å². The van der Waals surface area contributed by atoms with Crippen LogP contribution < -0.4 is 5.73 Å². The van der Waals surface area contributed by atoms with E-state index >= 15 is 0 Å². The van der Waals surface area contributed by atoms with Crippen molar-refractivity contribution in [2.75, 3.05) is 5.73 Å². The van der Waals surface area contributed by atoms with Crippen LogP contribution in [0.2, 0.25) is 0 Å². The van der Waals surface area contributed by atoms with Crippen LogP contribution in [0.25, 0.3) is 21.9 Å². The second-order valence-electron chi connectivity index (χ2n) is 6.06. The van der Waals surface area contributed by atoms with Crippen LogP contribution in [0.3, 0.4) is 0 Å².